The van der Waals surface area contributed by atoms with Crippen LogP contribution < -0.4 is 0 Å². The van der Waals surface area contributed by atoms with Crippen molar-refractivity contribution >= 4 is 5.91 Å². The molecule has 1 atom stereocenters. The van der Waals surface area contributed by atoms with E-state index in [9.17, 15) is 4.79 Å². The minimum Gasteiger partial charge on any atom is -0.379 e. The lowest BCUT2D eigenvalue weighted by atomic mass is 10.0. The number of hydrogen-bond donors (Lipinski definition) is 0. The molecule has 6 nitrogen and oxygen atoms in total. The Morgan fingerprint density at radius 2 is 2.13 bits per heavy atom. The molecule has 0 spiro atoms. The van der Waals surface area contributed by atoms with E-state index in [0.717, 1.165) is 64.3 Å². The zero-order valence-corrected chi connectivity index (χ0v) is 14.1. The van der Waals surface area contributed by atoms with Crippen LogP contribution in [0.25, 0.3) is 0 Å². The fraction of sp³-hybridized carbons (Fsp3) is 0.765. The van der Waals surface area contributed by atoms with E-state index in [0.29, 0.717) is 12.5 Å². The second-order valence-corrected chi connectivity index (χ2v) is 6.63. The van der Waals surface area contributed by atoms with E-state index >= 15 is 0 Å². The molecule has 2 aliphatic rings. The lowest BCUT2D eigenvalue weighted by Crippen LogP contribution is -2.51. The molecule has 23 heavy (non-hydrogen) atoms. The highest BCUT2D eigenvalue weighted by Gasteiger charge is 2.28. The molecule has 2 saturated heterocycles. The van der Waals surface area contributed by atoms with E-state index in [-0.39, 0.29) is 5.91 Å². The van der Waals surface area contributed by atoms with Crippen LogP contribution in [-0.2, 0) is 23.0 Å². The molecule has 0 bridgehead atoms. The van der Waals surface area contributed by atoms with E-state index in [2.05, 4.69) is 14.9 Å². The van der Waals surface area contributed by atoms with Gasteiger partial charge in [-0.25, -0.2) is 0 Å². The zero-order valence-electron chi connectivity index (χ0n) is 14.1. The Hall–Kier alpha value is -1.40. The van der Waals surface area contributed by atoms with Crippen LogP contribution in [0.1, 0.15) is 31.4 Å². The predicted molar refractivity (Wildman–Crippen MR) is 88.1 cm³/mol. The first-order valence-corrected chi connectivity index (χ1v) is 8.80. The molecule has 6 heteroatoms. The number of morpholine rings is 1. The maximum Gasteiger partial charge on any atom is 0.223 e. The molecular formula is C17H28N4O2. The van der Waals surface area contributed by atoms with Gasteiger partial charge in [0.1, 0.15) is 0 Å². The average Bonchev–Trinajstić information content (AvgIpc) is 3.00. The quantitative estimate of drug-likeness (QED) is 0.814. The highest BCUT2D eigenvalue weighted by atomic mass is 16.5. The third-order valence-electron chi connectivity index (χ3n) is 4.88. The summed E-state index contributed by atoms with van der Waals surface area (Å²) in [5, 5.41) is 4.36. The van der Waals surface area contributed by atoms with Gasteiger partial charge in [-0.15, -0.1) is 0 Å². The Labute approximate surface area is 138 Å². The molecule has 3 heterocycles. The van der Waals surface area contributed by atoms with Gasteiger partial charge in [0.2, 0.25) is 5.91 Å². The van der Waals surface area contributed by atoms with Gasteiger partial charge in [-0.2, -0.15) is 5.10 Å². The first-order chi connectivity index (χ1) is 11.2. The van der Waals surface area contributed by atoms with Crippen molar-refractivity contribution in [1.82, 2.24) is 19.6 Å². The molecule has 3 rings (SSSR count). The summed E-state index contributed by atoms with van der Waals surface area (Å²) in [5.41, 5.74) is 1.00. The lowest BCUT2D eigenvalue weighted by molar-refractivity contribution is -0.135. The summed E-state index contributed by atoms with van der Waals surface area (Å²) in [4.78, 5) is 17.2. The Bertz CT molecular complexity index is 510. The van der Waals surface area contributed by atoms with Crippen LogP contribution in [-0.4, -0.2) is 70.9 Å². The number of carbonyl (C=O) groups is 1. The Morgan fingerprint density at radius 3 is 2.87 bits per heavy atom. The number of rotatable bonds is 5. The van der Waals surface area contributed by atoms with Gasteiger partial charge in [-0.3, -0.25) is 14.4 Å². The van der Waals surface area contributed by atoms with E-state index in [4.69, 9.17) is 4.74 Å². The number of hydrogen-bond acceptors (Lipinski definition) is 4. The molecule has 128 valence electrons. The van der Waals surface area contributed by atoms with Crippen LogP contribution in [0.4, 0.5) is 0 Å². The van der Waals surface area contributed by atoms with E-state index in [1.54, 1.807) is 4.68 Å². The van der Waals surface area contributed by atoms with Crippen molar-refractivity contribution in [1.29, 1.82) is 0 Å². The third kappa shape index (κ3) is 4.54. The van der Waals surface area contributed by atoms with Crippen molar-refractivity contribution in [2.75, 3.05) is 39.4 Å². The van der Waals surface area contributed by atoms with Crippen molar-refractivity contribution < 1.29 is 9.53 Å². The molecule has 0 N–H and O–H groups in total. The molecule has 1 aromatic heterocycles. The van der Waals surface area contributed by atoms with Crippen LogP contribution in [0, 0.1) is 0 Å². The molecule has 2 aliphatic heterocycles. The number of piperidine rings is 1. The third-order valence-corrected chi connectivity index (χ3v) is 4.88. The number of likely N-dealkylation sites (tertiary alicyclic amines) is 1. The Kier molecular flexibility index (Phi) is 5.67. The van der Waals surface area contributed by atoms with Gasteiger partial charge < -0.3 is 9.64 Å². The highest BCUT2D eigenvalue weighted by molar-refractivity contribution is 5.76. The number of aromatic nitrogens is 2. The van der Waals surface area contributed by atoms with Crippen LogP contribution >= 0.6 is 0 Å². The molecule has 0 radical (unpaired) electrons. The largest absolute Gasteiger partial charge is 0.379 e. The van der Waals surface area contributed by atoms with E-state index in [1.807, 2.05) is 19.3 Å². The maximum atomic E-state index is 12.7. The van der Waals surface area contributed by atoms with Gasteiger partial charge in [-0.1, -0.05) is 0 Å². The van der Waals surface area contributed by atoms with Crippen molar-refractivity contribution in [3.05, 3.63) is 18.0 Å². The van der Waals surface area contributed by atoms with Gasteiger partial charge in [0.05, 0.1) is 18.9 Å². The average molecular weight is 320 g/mol. The van der Waals surface area contributed by atoms with Crippen molar-refractivity contribution in [3.63, 3.8) is 0 Å². The smallest absolute Gasteiger partial charge is 0.223 e. The number of ether oxygens (including phenoxy) is 1. The zero-order chi connectivity index (χ0) is 16.1. The van der Waals surface area contributed by atoms with Gasteiger partial charge in [0.15, 0.2) is 0 Å². The Balaban J connectivity index is 1.53. The second kappa shape index (κ2) is 7.93. The first kappa shape index (κ1) is 16.5. The topological polar surface area (TPSA) is 50.6 Å². The summed E-state index contributed by atoms with van der Waals surface area (Å²) >= 11 is 0. The van der Waals surface area contributed by atoms with Gasteiger partial charge in [0, 0.05) is 58.3 Å². The number of carbonyl (C=O) groups excluding carboxylic acids is 1. The summed E-state index contributed by atoms with van der Waals surface area (Å²) in [6, 6.07) is 2.37. The molecule has 0 aromatic carbocycles. The second-order valence-electron chi connectivity index (χ2n) is 6.63. The van der Waals surface area contributed by atoms with Crippen LogP contribution in [0.2, 0.25) is 0 Å². The van der Waals surface area contributed by atoms with Crippen LogP contribution in [0.3, 0.4) is 0 Å². The number of nitrogens with zero attached hydrogens (tertiary/aromatic N) is 4. The van der Waals surface area contributed by atoms with Crippen molar-refractivity contribution in [2.45, 2.75) is 38.1 Å². The fourth-order valence-corrected chi connectivity index (χ4v) is 3.58. The van der Waals surface area contributed by atoms with Crippen molar-refractivity contribution in [2.24, 2.45) is 7.05 Å². The molecule has 0 aliphatic carbocycles. The molecule has 2 fully saturated rings. The number of amides is 1. The standard InChI is InChI=1S/C17H28N4O2/c1-19-9-7-15(18-19)5-6-17(22)21-8-3-2-4-16(21)14-20-10-12-23-13-11-20/h7,9,16H,2-6,8,10-14H2,1H3. The first-order valence-electron chi connectivity index (χ1n) is 8.80. The molecule has 1 unspecified atom stereocenters. The summed E-state index contributed by atoms with van der Waals surface area (Å²) in [7, 11) is 1.91. The summed E-state index contributed by atoms with van der Waals surface area (Å²) in [5.74, 6) is 0.286. The van der Waals surface area contributed by atoms with E-state index in [1.165, 1.54) is 6.42 Å². The highest BCUT2D eigenvalue weighted by Crippen LogP contribution is 2.20. The normalized spacial score (nSPS) is 23.2. The minimum absolute atomic E-state index is 0.286. The molecule has 0 saturated carbocycles. The molecular weight excluding hydrogens is 292 g/mol. The molecule has 1 amide bonds. The number of aryl methyl sites for hydroxylation is 2. The van der Waals surface area contributed by atoms with Gasteiger partial charge >= 0.3 is 0 Å². The lowest BCUT2D eigenvalue weighted by Gasteiger charge is -2.39. The van der Waals surface area contributed by atoms with Crippen LogP contribution in [0.5, 0.6) is 0 Å². The van der Waals surface area contributed by atoms with Crippen molar-refractivity contribution in [3.8, 4) is 0 Å². The Morgan fingerprint density at radius 1 is 1.30 bits per heavy atom. The predicted octanol–water partition coefficient (Wildman–Crippen LogP) is 1.07. The molecule has 1 aromatic rings. The van der Waals surface area contributed by atoms with Gasteiger partial charge in [-0.05, 0) is 25.3 Å². The van der Waals surface area contributed by atoms with Gasteiger partial charge in [0.25, 0.3) is 0 Å². The maximum absolute atomic E-state index is 12.7. The fourth-order valence-electron chi connectivity index (χ4n) is 3.58. The van der Waals surface area contributed by atoms with E-state index < -0.39 is 0 Å². The van der Waals surface area contributed by atoms with Crippen LogP contribution in [0.15, 0.2) is 12.3 Å². The minimum atomic E-state index is 0.286. The monoisotopic (exact) mass is 320 g/mol. The SMILES string of the molecule is Cn1ccc(CCC(=O)N2CCCCC2CN2CCOCC2)n1. The summed E-state index contributed by atoms with van der Waals surface area (Å²) in [6.45, 7) is 5.54. The summed E-state index contributed by atoms with van der Waals surface area (Å²) in [6.07, 6.45) is 6.74. The summed E-state index contributed by atoms with van der Waals surface area (Å²) < 4.78 is 7.22.